The number of hydrogen-bond donors (Lipinski definition) is 2. The van der Waals surface area contributed by atoms with Crippen LogP contribution >= 0.6 is 0 Å². The van der Waals surface area contributed by atoms with Crippen LogP contribution in [0.5, 0.6) is 11.5 Å². The van der Waals surface area contributed by atoms with Crippen molar-refractivity contribution >= 4 is 24.2 Å². The first-order valence-corrected chi connectivity index (χ1v) is 10.0. The van der Waals surface area contributed by atoms with Crippen LogP contribution < -0.4 is 20.3 Å². The molecular formula is C23H28N4O4. The van der Waals surface area contributed by atoms with Crippen molar-refractivity contribution in [2.24, 2.45) is 10.2 Å². The van der Waals surface area contributed by atoms with Crippen molar-refractivity contribution in [1.82, 2.24) is 10.9 Å². The van der Waals surface area contributed by atoms with Crippen LogP contribution in [0.1, 0.15) is 43.2 Å². The number of benzene rings is 2. The third-order valence-corrected chi connectivity index (χ3v) is 4.35. The van der Waals surface area contributed by atoms with Crippen LogP contribution in [0.15, 0.2) is 58.7 Å². The van der Waals surface area contributed by atoms with Crippen molar-refractivity contribution in [3.8, 4) is 11.5 Å². The lowest BCUT2D eigenvalue weighted by atomic mass is 10.1. The van der Waals surface area contributed by atoms with Gasteiger partial charge in [0.2, 0.25) is 11.8 Å². The molecule has 2 N–H and O–H groups in total. The number of unbranched alkanes of at least 4 members (excludes halogenated alkanes) is 2. The Hall–Kier alpha value is -3.68. The highest BCUT2D eigenvalue weighted by molar-refractivity contribution is 5.83. The highest BCUT2D eigenvalue weighted by Gasteiger charge is 2.02. The maximum absolute atomic E-state index is 11.8. The first-order valence-electron chi connectivity index (χ1n) is 10.0. The number of hydrogen-bond acceptors (Lipinski definition) is 6. The molecule has 0 aliphatic heterocycles. The number of carbonyl (C=O) groups is 2. The maximum Gasteiger partial charge on any atom is 0.240 e. The molecule has 0 saturated carbocycles. The van der Waals surface area contributed by atoms with E-state index in [1.807, 2.05) is 48.5 Å². The smallest absolute Gasteiger partial charge is 0.240 e. The second-order valence-corrected chi connectivity index (χ2v) is 6.69. The van der Waals surface area contributed by atoms with E-state index in [2.05, 4.69) is 21.1 Å². The molecule has 8 nitrogen and oxygen atoms in total. The van der Waals surface area contributed by atoms with E-state index in [4.69, 9.17) is 9.47 Å². The fourth-order valence-electron chi connectivity index (χ4n) is 2.60. The Morgan fingerprint density at radius 3 is 1.45 bits per heavy atom. The number of amides is 2. The summed E-state index contributed by atoms with van der Waals surface area (Å²) in [7, 11) is 3.21. The molecule has 8 heteroatoms. The van der Waals surface area contributed by atoms with Gasteiger partial charge in [-0.25, -0.2) is 10.9 Å². The van der Waals surface area contributed by atoms with E-state index in [1.54, 1.807) is 26.6 Å². The Kier molecular flexibility index (Phi) is 10.3. The van der Waals surface area contributed by atoms with Gasteiger partial charge in [0.1, 0.15) is 11.5 Å². The lowest BCUT2D eigenvalue weighted by molar-refractivity contribution is -0.121. The van der Waals surface area contributed by atoms with Gasteiger partial charge in [-0.1, -0.05) is 6.42 Å². The van der Waals surface area contributed by atoms with E-state index in [-0.39, 0.29) is 11.8 Å². The standard InChI is InChI=1S/C23H28N4O4/c1-30-20-12-8-18(9-13-20)16-24-26-22(28)6-4-3-5-7-23(29)27-25-17-19-10-14-21(31-2)15-11-19/h8-17H,3-7H2,1-2H3,(H,26,28)(H,27,29). The quantitative estimate of drug-likeness (QED) is 0.310. The minimum absolute atomic E-state index is 0.154. The summed E-state index contributed by atoms with van der Waals surface area (Å²) in [5.74, 6) is 1.22. The van der Waals surface area contributed by atoms with Gasteiger partial charge >= 0.3 is 0 Å². The largest absolute Gasteiger partial charge is 0.497 e. The van der Waals surface area contributed by atoms with Gasteiger partial charge in [0, 0.05) is 12.8 Å². The zero-order valence-electron chi connectivity index (χ0n) is 17.8. The topological polar surface area (TPSA) is 101 Å². The second kappa shape index (κ2) is 13.5. The summed E-state index contributed by atoms with van der Waals surface area (Å²) in [6.07, 6.45) is 6.01. The van der Waals surface area contributed by atoms with Crippen molar-refractivity contribution in [3.63, 3.8) is 0 Å². The molecule has 0 radical (unpaired) electrons. The zero-order chi connectivity index (χ0) is 22.3. The van der Waals surface area contributed by atoms with E-state index in [0.717, 1.165) is 29.0 Å². The second-order valence-electron chi connectivity index (χ2n) is 6.69. The maximum atomic E-state index is 11.8. The number of rotatable bonds is 12. The average molecular weight is 425 g/mol. The van der Waals surface area contributed by atoms with E-state index >= 15 is 0 Å². The normalized spacial score (nSPS) is 10.9. The van der Waals surface area contributed by atoms with Gasteiger partial charge in [-0.3, -0.25) is 9.59 Å². The molecule has 2 aromatic carbocycles. The monoisotopic (exact) mass is 424 g/mol. The van der Waals surface area contributed by atoms with E-state index in [9.17, 15) is 9.59 Å². The van der Waals surface area contributed by atoms with Gasteiger partial charge in [-0.15, -0.1) is 0 Å². The number of nitrogens with one attached hydrogen (secondary N) is 2. The van der Waals surface area contributed by atoms with Gasteiger partial charge in [-0.05, 0) is 72.5 Å². The van der Waals surface area contributed by atoms with Gasteiger partial charge in [0.15, 0.2) is 0 Å². The molecule has 0 unspecified atom stereocenters. The molecule has 0 aliphatic rings. The van der Waals surface area contributed by atoms with Crippen molar-refractivity contribution in [1.29, 1.82) is 0 Å². The molecule has 0 fully saturated rings. The number of ether oxygens (including phenoxy) is 2. The Morgan fingerprint density at radius 2 is 1.10 bits per heavy atom. The third kappa shape index (κ3) is 9.58. The van der Waals surface area contributed by atoms with E-state index in [1.165, 1.54) is 0 Å². The summed E-state index contributed by atoms with van der Waals surface area (Å²) in [4.78, 5) is 23.6. The lowest BCUT2D eigenvalue weighted by Crippen LogP contribution is -2.18. The summed E-state index contributed by atoms with van der Waals surface area (Å²) < 4.78 is 10.2. The lowest BCUT2D eigenvalue weighted by Gasteiger charge is -2.02. The number of carbonyl (C=O) groups excluding carboxylic acids is 2. The summed E-state index contributed by atoms with van der Waals surface area (Å²) in [5, 5.41) is 7.88. The molecule has 0 bridgehead atoms. The molecule has 0 aromatic heterocycles. The van der Waals surface area contributed by atoms with Crippen LogP contribution in [0.4, 0.5) is 0 Å². The molecule has 31 heavy (non-hydrogen) atoms. The Bertz CT molecular complexity index is 804. The van der Waals surface area contributed by atoms with Crippen molar-refractivity contribution < 1.29 is 19.1 Å². The fraction of sp³-hybridized carbons (Fsp3) is 0.304. The minimum Gasteiger partial charge on any atom is -0.497 e. The van der Waals surface area contributed by atoms with Crippen LogP contribution in [0.2, 0.25) is 0 Å². The SMILES string of the molecule is COc1ccc(C=NNC(=O)CCCCCC(=O)NN=Cc2ccc(OC)cc2)cc1. The summed E-state index contributed by atoms with van der Waals surface area (Å²) in [6, 6.07) is 14.7. The molecule has 0 aliphatic carbocycles. The molecule has 2 rings (SSSR count). The van der Waals surface area contributed by atoms with Crippen molar-refractivity contribution in [2.45, 2.75) is 32.1 Å². The van der Waals surface area contributed by atoms with Gasteiger partial charge in [0.25, 0.3) is 0 Å². The fourth-order valence-corrected chi connectivity index (χ4v) is 2.60. The molecule has 0 spiro atoms. The summed E-state index contributed by atoms with van der Waals surface area (Å²) >= 11 is 0. The highest BCUT2D eigenvalue weighted by Crippen LogP contribution is 2.10. The van der Waals surface area contributed by atoms with Crippen molar-refractivity contribution in [2.75, 3.05) is 14.2 Å². The minimum atomic E-state index is -0.154. The zero-order valence-corrected chi connectivity index (χ0v) is 17.8. The first-order chi connectivity index (χ1) is 15.1. The number of nitrogens with zero attached hydrogens (tertiary/aromatic N) is 2. The Labute approximate surface area is 182 Å². The van der Waals surface area contributed by atoms with Crippen LogP contribution in [0.25, 0.3) is 0 Å². The Balaban J connectivity index is 1.54. The molecule has 0 heterocycles. The molecule has 0 atom stereocenters. The van der Waals surface area contributed by atoms with Gasteiger partial charge < -0.3 is 9.47 Å². The molecular weight excluding hydrogens is 396 g/mol. The molecule has 2 amide bonds. The summed E-state index contributed by atoms with van der Waals surface area (Å²) in [6.45, 7) is 0. The third-order valence-electron chi connectivity index (χ3n) is 4.35. The highest BCUT2D eigenvalue weighted by atomic mass is 16.5. The van der Waals surface area contributed by atoms with Crippen LogP contribution in [-0.4, -0.2) is 38.5 Å². The van der Waals surface area contributed by atoms with Gasteiger partial charge in [0.05, 0.1) is 26.6 Å². The predicted octanol–water partition coefficient (Wildman–Crippen LogP) is 3.25. The predicted molar refractivity (Wildman–Crippen MR) is 121 cm³/mol. The van der Waals surface area contributed by atoms with Gasteiger partial charge in [-0.2, -0.15) is 10.2 Å². The molecule has 0 saturated heterocycles. The Morgan fingerprint density at radius 1 is 0.710 bits per heavy atom. The molecule has 164 valence electrons. The van der Waals surface area contributed by atoms with E-state index < -0.39 is 0 Å². The van der Waals surface area contributed by atoms with Crippen LogP contribution in [0, 0.1) is 0 Å². The van der Waals surface area contributed by atoms with Crippen molar-refractivity contribution in [3.05, 3.63) is 59.7 Å². The van der Waals surface area contributed by atoms with E-state index in [0.29, 0.717) is 25.7 Å². The number of methoxy groups -OCH3 is 2. The molecule has 2 aromatic rings. The summed E-state index contributed by atoms with van der Waals surface area (Å²) in [5.41, 5.74) is 6.73. The van der Waals surface area contributed by atoms with Crippen LogP contribution in [-0.2, 0) is 9.59 Å². The number of hydrazone groups is 2. The average Bonchev–Trinajstić information content (AvgIpc) is 2.80. The first kappa shape index (κ1) is 23.6. The van der Waals surface area contributed by atoms with Crippen LogP contribution in [0.3, 0.4) is 0 Å².